The third-order valence-corrected chi connectivity index (χ3v) is 6.76. The van der Waals surface area contributed by atoms with Gasteiger partial charge in [0.25, 0.3) is 0 Å². The number of hydrogen-bond donors (Lipinski definition) is 0. The molecule has 1 aromatic heterocycles. The Morgan fingerprint density at radius 2 is 2.00 bits per heavy atom. The van der Waals surface area contributed by atoms with Crippen LogP contribution in [0, 0.1) is 19.3 Å². The minimum absolute atomic E-state index is 0.00146. The van der Waals surface area contributed by atoms with Crippen molar-refractivity contribution in [2.24, 2.45) is 5.41 Å². The highest BCUT2D eigenvalue weighted by molar-refractivity contribution is 7.91. The van der Waals surface area contributed by atoms with E-state index < -0.39 is 9.84 Å². The molecule has 1 aromatic rings. The number of nitrogens with zero attached hydrogens (tertiary/aromatic N) is 2. The van der Waals surface area contributed by atoms with Crippen molar-refractivity contribution in [1.29, 1.82) is 0 Å². The van der Waals surface area contributed by atoms with Gasteiger partial charge < -0.3 is 4.90 Å². The Balaban J connectivity index is 2.21. The minimum Gasteiger partial charge on any atom is -0.337 e. The largest absolute Gasteiger partial charge is 0.337 e. The third kappa shape index (κ3) is 3.87. The monoisotopic (exact) mass is 344 g/mol. The highest BCUT2D eigenvalue weighted by Gasteiger charge is 2.40. The van der Waals surface area contributed by atoms with Gasteiger partial charge in [-0.05, 0) is 19.3 Å². The first kappa shape index (κ1) is 17.4. The van der Waals surface area contributed by atoms with E-state index in [9.17, 15) is 13.2 Å². The Morgan fingerprint density at radius 3 is 2.50 bits per heavy atom. The van der Waals surface area contributed by atoms with Gasteiger partial charge in [0.1, 0.15) is 0 Å². The average molecular weight is 345 g/mol. The van der Waals surface area contributed by atoms with Crippen LogP contribution in [0.25, 0.3) is 0 Å². The summed E-state index contributed by atoms with van der Waals surface area (Å²) in [5.74, 6) is 0.121. The summed E-state index contributed by atoms with van der Waals surface area (Å²) in [6, 6.07) is -0.270. The second kappa shape index (κ2) is 5.92. The first-order valence-corrected chi connectivity index (χ1v) is 10.1. The summed E-state index contributed by atoms with van der Waals surface area (Å²) in [4.78, 5) is 19.8. The van der Waals surface area contributed by atoms with E-state index in [2.05, 4.69) is 4.98 Å². The highest BCUT2D eigenvalue weighted by Crippen LogP contribution is 2.30. The summed E-state index contributed by atoms with van der Waals surface area (Å²) in [5.41, 5.74) is 0.634. The molecule has 1 amide bonds. The van der Waals surface area contributed by atoms with Crippen LogP contribution in [0.2, 0.25) is 0 Å². The van der Waals surface area contributed by atoms with Crippen LogP contribution in [-0.4, -0.2) is 48.3 Å². The maximum atomic E-state index is 12.7. The SMILES string of the molecule is Cc1nc(C)c(CC(=O)N2CCS(=O)(=O)CC2C(C)(C)C)s1. The van der Waals surface area contributed by atoms with E-state index in [4.69, 9.17) is 0 Å². The van der Waals surface area contributed by atoms with E-state index >= 15 is 0 Å². The van der Waals surface area contributed by atoms with Crippen molar-refractivity contribution < 1.29 is 13.2 Å². The van der Waals surface area contributed by atoms with E-state index in [-0.39, 0.29) is 28.9 Å². The van der Waals surface area contributed by atoms with Crippen LogP contribution in [0.15, 0.2) is 0 Å². The molecule has 2 rings (SSSR count). The molecule has 0 spiro atoms. The second-order valence-electron chi connectivity index (χ2n) is 7.00. The first-order valence-electron chi connectivity index (χ1n) is 7.42. The van der Waals surface area contributed by atoms with Crippen LogP contribution in [0.3, 0.4) is 0 Å². The molecule has 124 valence electrons. The number of aryl methyl sites for hydroxylation is 2. The average Bonchev–Trinajstić information content (AvgIpc) is 2.65. The number of thiazole rings is 1. The van der Waals surface area contributed by atoms with Crippen molar-refractivity contribution in [3.8, 4) is 0 Å². The van der Waals surface area contributed by atoms with E-state index in [1.807, 2.05) is 34.6 Å². The van der Waals surface area contributed by atoms with Gasteiger partial charge in [-0.25, -0.2) is 13.4 Å². The molecule has 1 atom stereocenters. The molecule has 0 bridgehead atoms. The van der Waals surface area contributed by atoms with Crippen molar-refractivity contribution in [2.75, 3.05) is 18.1 Å². The van der Waals surface area contributed by atoms with Gasteiger partial charge in [-0.1, -0.05) is 20.8 Å². The Hall–Kier alpha value is -0.950. The molecule has 1 aliphatic heterocycles. The van der Waals surface area contributed by atoms with Gasteiger partial charge >= 0.3 is 0 Å². The molecule has 1 unspecified atom stereocenters. The first-order chi connectivity index (χ1) is 9.99. The van der Waals surface area contributed by atoms with E-state index in [1.54, 1.807) is 4.90 Å². The Labute approximate surface area is 136 Å². The van der Waals surface area contributed by atoms with Crippen molar-refractivity contribution in [3.05, 3.63) is 15.6 Å². The van der Waals surface area contributed by atoms with Crippen LogP contribution in [0.5, 0.6) is 0 Å². The fourth-order valence-electron chi connectivity index (χ4n) is 2.80. The van der Waals surface area contributed by atoms with Crippen LogP contribution < -0.4 is 0 Å². The molecule has 0 N–H and O–H groups in total. The molecule has 0 saturated carbocycles. The summed E-state index contributed by atoms with van der Waals surface area (Å²) in [6.07, 6.45) is 0.309. The Morgan fingerprint density at radius 1 is 1.36 bits per heavy atom. The number of amides is 1. The molecule has 0 aromatic carbocycles. The van der Waals surface area contributed by atoms with Gasteiger partial charge in [0.15, 0.2) is 9.84 Å². The molecule has 1 aliphatic rings. The quantitative estimate of drug-likeness (QED) is 0.823. The molecule has 1 saturated heterocycles. The fourth-order valence-corrected chi connectivity index (χ4v) is 5.53. The number of sulfone groups is 1. The number of carbonyl (C=O) groups is 1. The van der Waals surface area contributed by atoms with Crippen LogP contribution in [0.1, 0.15) is 36.3 Å². The molecule has 0 aliphatic carbocycles. The Bertz CT molecular complexity index is 671. The summed E-state index contributed by atoms with van der Waals surface area (Å²) in [7, 11) is -3.06. The standard InChI is InChI=1S/C15H24N2O3S2/c1-10-12(21-11(2)16-10)8-14(18)17-6-7-22(19,20)9-13(17)15(3,4)5/h13H,6-9H2,1-5H3. The van der Waals surface area contributed by atoms with Gasteiger partial charge in [-0.3, -0.25) is 4.79 Å². The van der Waals surface area contributed by atoms with Gasteiger partial charge in [0.05, 0.1) is 34.7 Å². The summed E-state index contributed by atoms with van der Waals surface area (Å²) < 4.78 is 23.9. The molecule has 5 nitrogen and oxygen atoms in total. The van der Waals surface area contributed by atoms with Gasteiger partial charge in [0, 0.05) is 11.4 Å². The molecular weight excluding hydrogens is 320 g/mol. The lowest BCUT2D eigenvalue weighted by Crippen LogP contribution is -2.56. The van der Waals surface area contributed by atoms with E-state index in [0.29, 0.717) is 13.0 Å². The zero-order valence-corrected chi connectivity index (χ0v) is 15.5. The maximum Gasteiger partial charge on any atom is 0.228 e. The van der Waals surface area contributed by atoms with Crippen molar-refractivity contribution >= 4 is 27.1 Å². The number of hydrogen-bond acceptors (Lipinski definition) is 5. The highest BCUT2D eigenvalue weighted by atomic mass is 32.2. The zero-order valence-electron chi connectivity index (χ0n) is 13.8. The zero-order chi connectivity index (χ0) is 16.7. The molecule has 1 fully saturated rings. The molecule has 22 heavy (non-hydrogen) atoms. The molecule has 0 radical (unpaired) electrons. The predicted molar refractivity (Wildman–Crippen MR) is 88.9 cm³/mol. The van der Waals surface area contributed by atoms with Crippen LogP contribution >= 0.6 is 11.3 Å². The lowest BCUT2D eigenvalue weighted by Gasteiger charge is -2.43. The van der Waals surface area contributed by atoms with Crippen molar-refractivity contribution in [3.63, 3.8) is 0 Å². The summed E-state index contributed by atoms with van der Waals surface area (Å²) in [6.45, 7) is 10.1. The van der Waals surface area contributed by atoms with Gasteiger partial charge in [-0.15, -0.1) is 11.3 Å². The summed E-state index contributed by atoms with van der Waals surface area (Å²) >= 11 is 1.54. The number of aromatic nitrogens is 1. The lowest BCUT2D eigenvalue weighted by atomic mass is 9.86. The van der Waals surface area contributed by atoms with Crippen LogP contribution in [-0.2, 0) is 21.1 Å². The van der Waals surface area contributed by atoms with E-state index in [1.165, 1.54) is 11.3 Å². The smallest absolute Gasteiger partial charge is 0.228 e. The molecular formula is C15H24N2O3S2. The van der Waals surface area contributed by atoms with Gasteiger partial charge in [0.2, 0.25) is 5.91 Å². The second-order valence-corrected chi connectivity index (χ2v) is 10.5. The minimum atomic E-state index is -3.06. The summed E-state index contributed by atoms with van der Waals surface area (Å²) in [5, 5.41) is 0.953. The molecule has 2 heterocycles. The lowest BCUT2D eigenvalue weighted by molar-refractivity contribution is -0.134. The van der Waals surface area contributed by atoms with E-state index in [0.717, 1.165) is 15.6 Å². The van der Waals surface area contributed by atoms with Gasteiger partial charge in [-0.2, -0.15) is 0 Å². The Kier molecular flexibility index (Phi) is 4.69. The molecule has 7 heteroatoms. The normalized spacial score (nSPS) is 21.9. The van der Waals surface area contributed by atoms with Crippen LogP contribution in [0.4, 0.5) is 0 Å². The predicted octanol–water partition coefficient (Wildman–Crippen LogP) is 1.97. The number of rotatable bonds is 2. The third-order valence-electron chi connectivity index (χ3n) is 4.06. The number of carbonyl (C=O) groups excluding carboxylic acids is 1. The maximum absolute atomic E-state index is 12.7. The fraction of sp³-hybridized carbons (Fsp3) is 0.733. The van der Waals surface area contributed by atoms with Crippen molar-refractivity contribution in [2.45, 2.75) is 47.1 Å². The van der Waals surface area contributed by atoms with Crippen molar-refractivity contribution in [1.82, 2.24) is 9.88 Å². The topological polar surface area (TPSA) is 67.3 Å².